The number of carbonyl (C=O) groups is 1. The Hall–Kier alpha value is -1.40. The van der Waals surface area contributed by atoms with Gasteiger partial charge in [-0.05, 0) is 26.2 Å². The first-order valence-corrected chi connectivity index (χ1v) is 8.07. The maximum atomic E-state index is 12.5. The van der Waals surface area contributed by atoms with Gasteiger partial charge in [-0.15, -0.1) is 0 Å². The summed E-state index contributed by atoms with van der Waals surface area (Å²) in [7, 11) is 1.66. The van der Waals surface area contributed by atoms with E-state index in [0.717, 1.165) is 31.6 Å². The van der Waals surface area contributed by atoms with E-state index in [4.69, 9.17) is 9.47 Å². The second kappa shape index (κ2) is 6.38. The fourth-order valence-corrected chi connectivity index (χ4v) is 3.74. The number of methoxy groups -OCH3 is 1. The molecular formula is C16H25N3O3. The van der Waals surface area contributed by atoms with Gasteiger partial charge in [0, 0.05) is 31.9 Å². The van der Waals surface area contributed by atoms with Crippen LogP contribution in [0.2, 0.25) is 0 Å². The summed E-state index contributed by atoms with van der Waals surface area (Å²) >= 11 is 0. The molecule has 1 saturated heterocycles. The van der Waals surface area contributed by atoms with Crippen molar-refractivity contribution in [2.24, 2.45) is 5.41 Å². The highest BCUT2D eigenvalue weighted by atomic mass is 16.5. The fourth-order valence-electron chi connectivity index (χ4n) is 3.74. The first kappa shape index (κ1) is 15.5. The Morgan fingerprint density at radius 1 is 1.59 bits per heavy atom. The molecule has 1 N–H and O–H groups in total. The second-order valence-electron chi connectivity index (χ2n) is 6.43. The zero-order valence-electron chi connectivity index (χ0n) is 13.4. The Balaban J connectivity index is 1.61. The Labute approximate surface area is 131 Å². The Morgan fingerprint density at radius 3 is 3.27 bits per heavy atom. The molecule has 2 fully saturated rings. The van der Waals surface area contributed by atoms with E-state index in [-0.39, 0.29) is 11.3 Å². The Bertz CT molecular complexity index is 531. The van der Waals surface area contributed by atoms with Gasteiger partial charge in [-0.25, -0.2) is 0 Å². The molecule has 6 nitrogen and oxygen atoms in total. The minimum atomic E-state index is -0.0342. The quantitative estimate of drug-likeness (QED) is 0.865. The smallest absolute Gasteiger partial charge is 0.254 e. The molecule has 1 aliphatic heterocycles. The number of amides is 1. The van der Waals surface area contributed by atoms with Crippen LogP contribution in [0.4, 0.5) is 0 Å². The van der Waals surface area contributed by atoms with Crippen molar-refractivity contribution in [2.75, 3.05) is 26.9 Å². The fraction of sp³-hybridized carbons (Fsp3) is 0.750. The van der Waals surface area contributed by atoms with Crippen molar-refractivity contribution in [3.63, 3.8) is 0 Å². The van der Waals surface area contributed by atoms with Crippen LogP contribution < -0.4 is 5.32 Å². The molecule has 0 unspecified atom stereocenters. The van der Waals surface area contributed by atoms with Gasteiger partial charge in [-0.1, -0.05) is 6.42 Å². The number of aryl methyl sites for hydroxylation is 1. The molecule has 0 bridgehead atoms. The molecule has 22 heavy (non-hydrogen) atoms. The molecule has 1 amide bonds. The molecule has 2 heterocycles. The molecule has 1 saturated carbocycles. The maximum absolute atomic E-state index is 12.5. The predicted molar refractivity (Wildman–Crippen MR) is 81.8 cm³/mol. The number of hydrogen-bond donors (Lipinski definition) is 1. The van der Waals surface area contributed by atoms with Gasteiger partial charge in [0.1, 0.15) is 0 Å². The average Bonchev–Trinajstić information content (AvgIpc) is 3.16. The van der Waals surface area contributed by atoms with Crippen molar-refractivity contribution in [2.45, 2.75) is 45.3 Å². The first-order valence-electron chi connectivity index (χ1n) is 8.07. The second-order valence-corrected chi connectivity index (χ2v) is 6.43. The summed E-state index contributed by atoms with van der Waals surface area (Å²) in [5.74, 6) is -0.0342. The van der Waals surface area contributed by atoms with Crippen molar-refractivity contribution in [1.29, 1.82) is 0 Å². The lowest BCUT2D eigenvalue weighted by Crippen LogP contribution is -2.39. The van der Waals surface area contributed by atoms with Crippen molar-refractivity contribution in [1.82, 2.24) is 15.1 Å². The van der Waals surface area contributed by atoms with Gasteiger partial charge in [-0.3, -0.25) is 9.48 Å². The van der Waals surface area contributed by atoms with Crippen molar-refractivity contribution < 1.29 is 14.3 Å². The van der Waals surface area contributed by atoms with Crippen LogP contribution in [0.25, 0.3) is 0 Å². The lowest BCUT2D eigenvalue weighted by molar-refractivity contribution is 0.0669. The molecule has 0 aromatic carbocycles. The number of rotatable bonds is 6. The summed E-state index contributed by atoms with van der Waals surface area (Å²) in [4.78, 5) is 12.5. The van der Waals surface area contributed by atoms with Crippen LogP contribution >= 0.6 is 0 Å². The summed E-state index contributed by atoms with van der Waals surface area (Å²) in [6, 6.07) is 0. The number of nitrogens with zero attached hydrogens (tertiary/aromatic N) is 2. The number of ether oxygens (including phenoxy) is 2. The van der Waals surface area contributed by atoms with E-state index in [9.17, 15) is 4.79 Å². The van der Waals surface area contributed by atoms with Gasteiger partial charge in [0.15, 0.2) is 0 Å². The van der Waals surface area contributed by atoms with E-state index >= 15 is 0 Å². The molecule has 0 spiro atoms. The molecule has 2 atom stereocenters. The summed E-state index contributed by atoms with van der Waals surface area (Å²) in [6.07, 6.45) is 6.68. The molecule has 1 aliphatic carbocycles. The molecule has 3 rings (SSSR count). The monoisotopic (exact) mass is 307 g/mol. The topological polar surface area (TPSA) is 65.4 Å². The summed E-state index contributed by atoms with van der Waals surface area (Å²) in [5, 5.41) is 7.47. The molecule has 1 aromatic rings. The van der Waals surface area contributed by atoms with E-state index in [0.29, 0.717) is 31.4 Å². The van der Waals surface area contributed by atoms with E-state index in [1.807, 2.05) is 6.92 Å². The van der Waals surface area contributed by atoms with Crippen LogP contribution in [-0.4, -0.2) is 48.7 Å². The lowest BCUT2D eigenvalue weighted by Gasteiger charge is -2.27. The van der Waals surface area contributed by atoms with Gasteiger partial charge in [0.05, 0.1) is 30.5 Å². The van der Waals surface area contributed by atoms with E-state index < -0.39 is 0 Å². The van der Waals surface area contributed by atoms with E-state index in [2.05, 4.69) is 10.4 Å². The van der Waals surface area contributed by atoms with Crippen molar-refractivity contribution in [3.8, 4) is 0 Å². The summed E-state index contributed by atoms with van der Waals surface area (Å²) in [6.45, 7) is 4.65. The van der Waals surface area contributed by atoms with Gasteiger partial charge in [0.2, 0.25) is 0 Å². The zero-order chi connectivity index (χ0) is 15.6. The number of fused-ring (bicyclic) bond motifs is 1. The third-order valence-corrected chi connectivity index (χ3v) is 5.06. The van der Waals surface area contributed by atoms with Crippen LogP contribution in [0, 0.1) is 12.3 Å². The van der Waals surface area contributed by atoms with Crippen LogP contribution in [0.1, 0.15) is 41.7 Å². The predicted octanol–water partition coefficient (Wildman–Crippen LogP) is 1.53. The van der Waals surface area contributed by atoms with Crippen LogP contribution in [0.3, 0.4) is 0 Å². The zero-order valence-corrected chi connectivity index (χ0v) is 13.4. The molecule has 122 valence electrons. The first-order chi connectivity index (χ1) is 10.6. The van der Waals surface area contributed by atoms with Crippen LogP contribution in [0.15, 0.2) is 6.20 Å². The molecule has 1 aromatic heterocycles. The third kappa shape index (κ3) is 2.90. The Kier molecular flexibility index (Phi) is 4.49. The molecule has 6 heteroatoms. The normalized spacial score (nSPS) is 27.1. The number of hydrogen-bond acceptors (Lipinski definition) is 4. The van der Waals surface area contributed by atoms with E-state index in [1.54, 1.807) is 18.0 Å². The Morgan fingerprint density at radius 2 is 2.45 bits per heavy atom. The van der Waals surface area contributed by atoms with E-state index in [1.165, 1.54) is 6.42 Å². The highest BCUT2D eigenvalue weighted by Crippen LogP contribution is 2.46. The molecule has 2 aliphatic rings. The summed E-state index contributed by atoms with van der Waals surface area (Å²) in [5.41, 5.74) is 1.58. The highest BCUT2D eigenvalue weighted by molar-refractivity contribution is 5.95. The van der Waals surface area contributed by atoms with Gasteiger partial charge in [0.25, 0.3) is 5.91 Å². The average molecular weight is 307 g/mol. The third-order valence-electron chi connectivity index (χ3n) is 5.06. The number of nitrogens with one attached hydrogen (secondary N) is 1. The van der Waals surface area contributed by atoms with Crippen LogP contribution in [0.5, 0.6) is 0 Å². The standard InChI is InChI=1S/C16H25N3O3/c1-12-13(10-19(18-12)7-9-21-2)15(20)17-11-16-5-3-4-14(16)22-8-6-16/h10,14H,3-9,11H2,1-2H3,(H,17,20)/t14-,16-/m0/s1. The summed E-state index contributed by atoms with van der Waals surface area (Å²) < 4.78 is 12.6. The number of aromatic nitrogens is 2. The largest absolute Gasteiger partial charge is 0.383 e. The minimum absolute atomic E-state index is 0.0342. The van der Waals surface area contributed by atoms with Crippen LogP contribution in [-0.2, 0) is 16.0 Å². The molecular weight excluding hydrogens is 282 g/mol. The van der Waals surface area contributed by atoms with Crippen molar-refractivity contribution >= 4 is 5.91 Å². The van der Waals surface area contributed by atoms with Gasteiger partial charge < -0.3 is 14.8 Å². The van der Waals surface area contributed by atoms with Gasteiger partial charge in [-0.2, -0.15) is 5.10 Å². The lowest BCUT2D eigenvalue weighted by atomic mass is 9.83. The SMILES string of the molecule is COCCn1cc(C(=O)NC[C@@]23CCC[C@@H]2OCC3)c(C)n1. The highest BCUT2D eigenvalue weighted by Gasteiger charge is 2.47. The molecule has 0 radical (unpaired) electrons. The van der Waals surface area contributed by atoms with Crippen molar-refractivity contribution in [3.05, 3.63) is 17.5 Å². The number of carbonyl (C=O) groups excluding carboxylic acids is 1. The maximum Gasteiger partial charge on any atom is 0.254 e. The van der Waals surface area contributed by atoms with Gasteiger partial charge >= 0.3 is 0 Å². The minimum Gasteiger partial charge on any atom is -0.383 e.